The summed E-state index contributed by atoms with van der Waals surface area (Å²) in [6.45, 7) is 1.86. The molecule has 1 aliphatic rings. The van der Waals surface area contributed by atoms with Crippen LogP contribution in [-0.4, -0.2) is 16.1 Å². The van der Waals surface area contributed by atoms with Gasteiger partial charge in [0.2, 0.25) is 5.91 Å². The van der Waals surface area contributed by atoms with Gasteiger partial charge in [0.25, 0.3) is 5.91 Å². The highest BCUT2D eigenvalue weighted by atomic mass is 35.5. The highest BCUT2D eigenvalue weighted by molar-refractivity contribution is 8.27. The molecule has 1 fully saturated rings. The third-order valence-corrected chi connectivity index (χ3v) is 6.27. The molecule has 5 nitrogen and oxygen atoms in total. The van der Waals surface area contributed by atoms with Gasteiger partial charge >= 0.3 is 0 Å². The quantitative estimate of drug-likeness (QED) is 0.322. The van der Waals surface area contributed by atoms with Crippen LogP contribution in [-0.2, 0) is 16.2 Å². The molecule has 0 aromatic heterocycles. The summed E-state index contributed by atoms with van der Waals surface area (Å²) >= 11 is 12.6. The number of thioether (sulfide) groups is 1. The van der Waals surface area contributed by atoms with Gasteiger partial charge in [0.1, 0.15) is 12.4 Å². The number of anilines is 2. The molecule has 33 heavy (non-hydrogen) atoms. The topological polar surface area (TPSA) is 58.6 Å². The van der Waals surface area contributed by atoms with Crippen molar-refractivity contribution in [1.29, 1.82) is 0 Å². The van der Waals surface area contributed by atoms with E-state index in [1.807, 2.05) is 48.5 Å². The molecule has 4 rings (SSSR count). The number of carbonyl (C=O) groups excluding carboxylic acids is 2. The van der Waals surface area contributed by atoms with E-state index in [0.29, 0.717) is 38.0 Å². The molecule has 0 aliphatic carbocycles. The minimum atomic E-state index is -0.190. The number of nitrogens with zero attached hydrogens (tertiary/aromatic N) is 1. The van der Waals surface area contributed by atoms with E-state index in [1.165, 1.54) is 23.6 Å². The van der Waals surface area contributed by atoms with Crippen LogP contribution < -0.4 is 15.0 Å². The number of rotatable bonds is 6. The van der Waals surface area contributed by atoms with Crippen molar-refractivity contribution < 1.29 is 14.3 Å². The molecule has 3 aromatic rings. The number of nitrogens with one attached hydrogen (secondary N) is 1. The van der Waals surface area contributed by atoms with Gasteiger partial charge in [-0.05, 0) is 65.7 Å². The molecular weight excluding hydrogens is 476 g/mol. The molecule has 0 unspecified atom stereocenters. The van der Waals surface area contributed by atoms with Crippen LogP contribution in [0.25, 0.3) is 6.08 Å². The fourth-order valence-corrected chi connectivity index (χ4v) is 4.61. The maximum Gasteiger partial charge on any atom is 0.270 e. The van der Waals surface area contributed by atoms with Crippen LogP contribution in [0, 0.1) is 0 Å². The second kappa shape index (κ2) is 10.2. The van der Waals surface area contributed by atoms with Crippen LogP contribution in [0.4, 0.5) is 11.4 Å². The lowest BCUT2D eigenvalue weighted by molar-refractivity contribution is -0.114. The second-order valence-electron chi connectivity index (χ2n) is 7.23. The molecular formula is C25H19ClN2O3S2. The Labute approximate surface area is 206 Å². The molecule has 2 amide bonds. The number of hydrogen-bond donors (Lipinski definition) is 1. The van der Waals surface area contributed by atoms with Gasteiger partial charge in [0, 0.05) is 17.6 Å². The minimum Gasteiger partial charge on any atom is -0.489 e. The zero-order valence-corrected chi connectivity index (χ0v) is 20.0. The number of ether oxygens (including phenoxy) is 1. The minimum absolute atomic E-state index is 0.157. The number of carbonyl (C=O) groups is 2. The van der Waals surface area contributed by atoms with Crippen LogP contribution in [0.5, 0.6) is 5.75 Å². The largest absolute Gasteiger partial charge is 0.489 e. The summed E-state index contributed by atoms with van der Waals surface area (Å²) in [5, 5.41) is 3.39. The van der Waals surface area contributed by atoms with Crippen molar-refractivity contribution in [2.75, 3.05) is 10.2 Å². The Morgan fingerprint density at radius 1 is 1.12 bits per heavy atom. The molecule has 1 heterocycles. The molecule has 0 radical (unpaired) electrons. The number of thiocarbonyl (C=S) groups is 1. The molecule has 0 saturated carbocycles. The molecule has 1 aliphatic heterocycles. The Morgan fingerprint density at radius 3 is 2.55 bits per heavy atom. The van der Waals surface area contributed by atoms with E-state index in [0.717, 1.165) is 11.1 Å². The molecule has 0 spiro atoms. The summed E-state index contributed by atoms with van der Waals surface area (Å²) in [6.07, 6.45) is 1.81. The Balaban J connectivity index is 1.47. The first-order valence-corrected chi connectivity index (χ1v) is 11.6. The third-order valence-electron chi connectivity index (χ3n) is 4.71. The van der Waals surface area contributed by atoms with Crippen molar-refractivity contribution in [3.63, 3.8) is 0 Å². The van der Waals surface area contributed by atoms with Gasteiger partial charge in [0.05, 0.1) is 10.6 Å². The predicted molar refractivity (Wildman–Crippen MR) is 139 cm³/mol. The summed E-state index contributed by atoms with van der Waals surface area (Å²) in [7, 11) is 0. The van der Waals surface area contributed by atoms with Crippen LogP contribution in [0.15, 0.2) is 77.7 Å². The van der Waals surface area contributed by atoms with Crippen molar-refractivity contribution in [1.82, 2.24) is 0 Å². The monoisotopic (exact) mass is 494 g/mol. The van der Waals surface area contributed by atoms with E-state index in [9.17, 15) is 9.59 Å². The molecule has 0 atom stereocenters. The average Bonchev–Trinajstić information content (AvgIpc) is 3.06. The van der Waals surface area contributed by atoms with Crippen LogP contribution in [0.3, 0.4) is 0 Å². The Hall–Kier alpha value is -3.13. The zero-order chi connectivity index (χ0) is 23.4. The van der Waals surface area contributed by atoms with Gasteiger partial charge in [-0.25, -0.2) is 0 Å². The summed E-state index contributed by atoms with van der Waals surface area (Å²) in [4.78, 5) is 26.3. The van der Waals surface area contributed by atoms with Crippen molar-refractivity contribution >= 4 is 69.2 Å². The molecule has 3 aromatic carbocycles. The summed E-state index contributed by atoms with van der Waals surface area (Å²) in [6, 6.07) is 22.0. The fraction of sp³-hybridized carbons (Fsp3) is 0.0800. The molecule has 8 heteroatoms. The average molecular weight is 495 g/mol. The van der Waals surface area contributed by atoms with E-state index in [-0.39, 0.29) is 11.8 Å². The normalized spacial score (nSPS) is 14.6. The summed E-state index contributed by atoms with van der Waals surface area (Å²) in [5.41, 5.74) is 3.15. The van der Waals surface area contributed by atoms with Crippen LogP contribution >= 0.6 is 35.6 Å². The van der Waals surface area contributed by atoms with E-state index in [1.54, 1.807) is 30.3 Å². The van der Waals surface area contributed by atoms with Gasteiger partial charge < -0.3 is 10.1 Å². The molecule has 166 valence electrons. The van der Waals surface area contributed by atoms with E-state index >= 15 is 0 Å². The summed E-state index contributed by atoms with van der Waals surface area (Å²) < 4.78 is 6.34. The molecule has 0 bridgehead atoms. The van der Waals surface area contributed by atoms with Gasteiger partial charge in [-0.2, -0.15) is 0 Å². The Morgan fingerprint density at radius 2 is 1.85 bits per heavy atom. The number of amides is 2. The predicted octanol–water partition coefficient (Wildman–Crippen LogP) is 6.28. The lowest BCUT2D eigenvalue weighted by atomic mass is 10.2. The lowest BCUT2D eigenvalue weighted by Crippen LogP contribution is -2.27. The number of halogens is 1. The zero-order valence-electron chi connectivity index (χ0n) is 17.6. The highest BCUT2D eigenvalue weighted by Gasteiger charge is 2.33. The number of benzene rings is 3. The van der Waals surface area contributed by atoms with E-state index in [2.05, 4.69) is 5.32 Å². The highest BCUT2D eigenvalue weighted by Crippen LogP contribution is 2.36. The SMILES string of the molecule is CC(=O)Nc1ccc(N2C(=O)/C(=C/c3cccc(OCc4ccc(Cl)cc4)c3)SC2=S)cc1. The summed E-state index contributed by atoms with van der Waals surface area (Å²) in [5.74, 6) is 0.350. The van der Waals surface area contributed by atoms with Crippen LogP contribution in [0.1, 0.15) is 18.1 Å². The Bertz CT molecular complexity index is 1240. The van der Waals surface area contributed by atoms with E-state index < -0.39 is 0 Å². The molecule has 1 N–H and O–H groups in total. The first kappa shape index (κ1) is 23.0. The maximum atomic E-state index is 13.0. The lowest BCUT2D eigenvalue weighted by Gasteiger charge is -2.15. The van der Waals surface area contributed by atoms with Gasteiger partial charge in [-0.15, -0.1) is 0 Å². The first-order chi connectivity index (χ1) is 15.9. The van der Waals surface area contributed by atoms with Crippen molar-refractivity contribution in [2.45, 2.75) is 13.5 Å². The van der Waals surface area contributed by atoms with Gasteiger partial charge in [-0.3, -0.25) is 14.5 Å². The fourth-order valence-electron chi connectivity index (χ4n) is 3.18. The third kappa shape index (κ3) is 5.82. The smallest absolute Gasteiger partial charge is 0.270 e. The number of hydrogen-bond acceptors (Lipinski definition) is 5. The van der Waals surface area contributed by atoms with Gasteiger partial charge in [0.15, 0.2) is 4.32 Å². The van der Waals surface area contributed by atoms with Crippen molar-refractivity contribution in [2.24, 2.45) is 0 Å². The first-order valence-electron chi connectivity index (χ1n) is 10.0. The Kier molecular flexibility index (Phi) is 7.13. The van der Waals surface area contributed by atoms with Crippen LogP contribution in [0.2, 0.25) is 5.02 Å². The maximum absolute atomic E-state index is 13.0. The van der Waals surface area contributed by atoms with Gasteiger partial charge in [-0.1, -0.05) is 59.8 Å². The second-order valence-corrected chi connectivity index (χ2v) is 9.35. The van der Waals surface area contributed by atoms with Crippen molar-refractivity contribution in [3.8, 4) is 5.75 Å². The molecule has 1 saturated heterocycles. The van der Waals surface area contributed by atoms with E-state index in [4.69, 9.17) is 28.6 Å². The van der Waals surface area contributed by atoms with Crippen molar-refractivity contribution in [3.05, 3.63) is 93.9 Å². The standard InChI is InChI=1S/C25H19ClN2O3S2/c1-16(29)27-20-9-11-21(12-10-20)28-24(30)23(33-25(28)32)14-18-3-2-4-22(13-18)31-15-17-5-7-19(26)8-6-17/h2-14H,15H2,1H3,(H,27,29)/b23-14-.